The van der Waals surface area contributed by atoms with E-state index in [4.69, 9.17) is 0 Å². The molecule has 0 aliphatic rings. The quantitative estimate of drug-likeness (QED) is 0.697. The van der Waals surface area contributed by atoms with Gasteiger partial charge in [-0.2, -0.15) is 0 Å². The van der Waals surface area contributed by atoms with Crippen molar-refractivity contribution in [3.05, 3.63) is 18.2 Å². The molecule has 1 aromatic rings. The molecule has 1 N–H and O–H groups in total. The molecule has 4 nitrogen and oxygen atoms in total. The number of hydrogen-bond donors (Lipinski definition) is 1. The molecule has 1 aromatic heterocycles. The van der Waals surface area contributed by atoms with Gasteiger partial charge in [-0.1, -0.05) is 0 Å². The van der Waals surface area contributed by atoms with Crippen molar-refractivity contribution >= 4 is 0 Å². The van der Waals surface area contributed by atoms with Crippen LogP contribution in [0.5, 0.6) is 0 Å². The summed E-state index contributed by atoms with van der Waals surface area (Å²) in [6, 6.07) is 0.642. The summed E-state index contributed by atoms with van der Waals surface area (Å²) in [6.45, 7) is 10.8. The third-order valence-corrected chi connectivity index (χ3v) is 3.20. The van der Waals surface area contributed by atoms with Gasteiger partial charge in [-0.15, -0.1) is 0 Å². The van der Waals surface area contributed by atoms with Gasteiger partial charge in [0.2, 0.25) is 0 Å². The molecule has 0 atom stereocenters. The second-order valence-corrected chi connectivity index (χ2v) is 4.85. The van der Waals surface area contributed by atoms with Gasteiger partial charge >= 0.3 is 0 Å². The van der Waals surface area contributed by atoms with Crippen molar-refractivity contribution in [1.82, 2.24) is 19.8 Å². The van der Waals surface area contributed by atoms with Gasteiger partial charge in [-0.05, 0) is 47.3 Å². The maximum Gasteiger partial charge on any atom is 0.105 e. The van der Waals surface area contributed by atoms with Gasteiger partial charge in [0.1, 0.15) is 5.82 Å². The van der Waals surface area contributed by atoms with Crippen LogP contribution in [0.4, 0.5) is 0 Å². The monoisotopic (exact) mass is 238 g/mol. The molecule has 1 rings (SSSR count). The second kappa shape index (κ2) is 7.45. The number of rotatable bonds is 8. The number of aryl methyl sites for hydroxylation is 1. The summed E-state index contributed by atoms with van der Waals surface area (Å²) in [4.78, 5) is 6.58. The van der Waals surface area contributed by atoms with Crippen molar-refractivity contribution in [2.75, 3.05) is 26.7 Å². The maximum atomic E-state index is 4.20. The molecule has 0 aliphatic heterocycles. The lowest BCUT2D eigenvalue weighted by atomic mass is 10.3. The van der Waals surface area contributed by atoms with Gasteiger partial charge in [-0.3, -0.25) is 0 Å². The van der Waals surface area contributed by atoms with E-state index in [1.165, 1.54) is 6.42 Å². The first-order valence-corrected chi connectivity index (χ1v) is 6.50. The summed E-state index contributed by atoms with van der Waals surface area (Å²) in [6.07, 6.45) is 5.09. The smallest absolute Gasteiger partial charge is 0.105 e. The molecule has 17 heavy (non-hydrogen) atoms. The Labute approximate surface area is 105 Å². The van der Waals surface area contributed by atoms with Crippen LogP contribution in [-0.2, 0) is 6.54 Å². The van der Waals surface area contributed by atoms with Crippen molar-refractivity contribution in [2.45, 2.75) is 39.8 Å². The Bertz CT molecular complexity index is 306. The lowest BCUT2D eigenvalue weighted by Crippen LogP contribution is -2.30. The number of imidazole rings is 1. The van der Waals surface area contributed by atoms with Crippen molar-refractivity contribution in [3.63, 3.8) is 0 Å². The van der Waals surface area contributed by atoms with E-state index in [1.54, 1.807) is 0 Å². The van der Waals surface area contributed by atoms with Crippen LogP contribution < -0.4 is 5.32 Å². The lowest BCUT2D eigenvalue weighted by Gasteiger charge is -2.20. The zero-order chi connectivity index (χ0) is 12.7. The van der Waals surface area contributed by atoms with Gasteiger partial charge in [-0.25, -0.2) is 4.98 Å². The maximum absolute atomic E-state index is 4.20. The van der Waals surface area contributed by atoms with E-state index in [0.29, 0.717) is 6.04 Å². The molecule has 98 valence electrons. The molecule has 0 aromatic carbocycles. The highest BCUT2D eigenvalue weighted by atomic mass is 15.1. The first-order chi connectivity index (χ1) is 8.11. The molecule has 0 aliphatic carbocycles. The molecule has 4 heteroatoms. The van der Waals surface area contributed by atoms with Crippen molar-refractivity contribution in [3.8, 4) is 0 Å². The fourth-order valence-electron chi connectivity index (χ4n) is 1.68. The van der Waals surface area contributed by atoms with Gasteiger partial charge < -0.3 is 14.8 Å². The summed E-state index contributed by atoms with van der Waals surface area (Å²) in [5.41, 5.74) is 0. The molecule has 0 saturated carbocycles. The zero-order valence-corrected chi connectivity index (χ0v) is 11.6. The molecular formula is C13H26N4. The van der Waals surface area contributed by atoms with E-state index in [1.807, 2.05) is 19.3 Å². The Morgan fingerprint density at radius 1 is 1.41 bits per heavy atom. The molecule has 0 radical (unpaired) electrons. The van der Waals surface area contributed by atoms with E-state index in [9.17, 15) is 0 Å². The topological polar surface area (TPSA) is 33.1 Å². The Balaban J connectivity index is 2.00. The Kier molecular flexibility index (Phi) is 6.22. The summed E-state index contributed by atoms with van der Waals surface area (Å²) < 4.78 is 2.17. The minimum Gasteiger partial charge on any atom is -0.334 e. The fraction of sp³-hybridized carbons (Fsp3) is 0.769. The SMILES string of the molecule is Cc1nccn1CCNCCCN(C)C(C)C. The van der Waals surface area contributed by atoms with Gasteiger partial charge in [0, 0.05) is 31.5 Å². The molecule has 0 spiro atoms. The van der Waals surface area contributed by atoms with E-state index in [-0.39, 0.29) is 0 Å². The van der Waals surface area contributed by atoms with E-state index in [2.05, 4.69) is 40.7 Å². The van der Waals surface area contributed by atoms with Crippen LogP contribution in [0.2, 0.25) is 0 Å². The molecular weight excluding hydrogens is 212 g/mol. The van der Waals surface area contributed by atoms with Gasteiger partial charge in [0.05, 0.1) is 0 Å². The minimum absolute atomic E-state index is 0.642. The molecule has 0 fully saturated rings. The van der Waals surface area contributed by atoms with Crippen LogP contribution in [0.3, 0.4) is 0 Å². The summed E-state index contributed by atoms with van der Waals surface area (Å²) in [5, 5.41) is 3.47. The minimum atomic E-state index is 0.642. The van der Waals surface area contributed by atoms with Crippen LogP contribution >= 0.6 is 0 Å². The van der Waals surface area contributed by atoms with Crippen LogP contribution in [0, 0.1) is 6.92 Å². The third-order valence-electron chi connectivity index (χ3n) is 3.20. The molecule has 0 saturated heterocycles. The zero-order valence-electron chi connectivity index (χ0n) is 11.6. The molecule has 0 bridgehead atoms. The van der Waals surface area contributed by atoms with E-state index in [0.717, 1.165) is 32.0 Å². The average molecular weight is 238 g/mol. The fourth-order valence-corrected chi connectivity index (χ4v) is 1.68. The second-order valence-electron chi connectivity index (χ2n) is 4.85. The lowest BCUT2D eigenvalue weighted by molar-refractivity contribution is 0.269. The highest BCUT2D eigenvalue weighted by Crippen LogP contribution is 1.95. The number of hydrogen-bond acceptors (Lipinski definition) is 3. The number of aromatic nitrogens is 2. The van der Waals surface area contributed by atoms with Crippen molar-refractivity contribution < 1.29 is 0 Å². The molecule has 0 unspecified atom stereocenters. The predicted octanol–water partition coefficient (Wildman–Crippen LogP) is 1.51. The number of nitrogens with zero attached hydrogens (tertiary/aromatic N) is 3. The van der Waals surface area contributed by atoms with Gasteiger partial charge in [0.25, 0.3) is 0 Å². The Morgan fingerprint density at radius 2 is 2.18 bits per heavy atom. The Morgan fingerprint density at radius 3 is 2.76 bits per heavy atom. The molecule has 0 amide bonds. The van der Waals surface area contributed by atoms with Crippen LogP contribution in [0.1, 0.15) is 26.1 Å². The standard InChI is InChI=1S/C13H26N4/c1-12(2)16(4)9-5-6-14-7-10-17-11-8-15-13(17)3/h8,11-12,14H,5-7,9-10H2,1-4H3. The largest absolute Gasteiger partial charge is 0.334 e. The first-order valence-electron chi connectivity index (χ1n) is 6.50. The summed E-state index contributed by atoms with van der Waals surface area (Å²) in [5.74, 6) is 1.09. The van der Waals surface area contributed by atoms with E-state index >= 15 is 0 Å². The summed E-state index contributed by atoms with van der Waals surface area (Å²) in [7, 11) is 2.18. The number of nitrogens with one attached hydrogen (secondary N) is 1. The first kappa shape index (κ1) is 14.2. The van der Waals surface area contributed by atoms with Crippen molar-refractivity contribution in [1.29, 1.82) is 0 Å². The molecule has 1 heterocycles. The average Bonchev–Trinajstić information content (AvgIpc) is 2.68. The van der Waals surface area contributed by atoms with E-state index < -0.39 is 0 Å². The van der Waals surface area contributed by atoms with Crippen molar-refractivity contribution in [2.24, 2.45) is 0 Å². The highest BCUT2D eigenvalue weighted by molar-refractivity contribution is 4.88. The third kappa shape index (κ3) is 5.33. The highest BCUT2D eigenvalue weighted by Gasteiger charge is 2.01. The van der Waals surface area contributed by atoms with Gasteiger partial charge in [0.15, 0.2) is 0 Å². The normalized spacial score (nSPS) is 11.6. The Hall–Kier alpha value is -0.870. The summed E-state index contributed by atoms with van der Waals surface area (Å²) >= 11 is 0. The predicted molar refractivity (Wildman–Crippen MR) is 72.2 cm³/mol. The van der Waals surface area contributed by atoms with Crippen LogP contribution in [0.25, 0.3) is 0 Å². The van der Waals surface area contributed by atoms with Crippen LogP contribution in [0.15, 0.2) is 12.4 Å². The van der Waals surface area contributed by atoms with Crippen LogP contribution in [-0.4, -0.2) is 47.2 Å².